The van der Waals surface area contributed by atoms with Crippen LogP contribution >= 0.6 is 0 Å². The third kappa shape index (κ3) is 2.68. The molecular weight excluding hydrogens is 222 g/mol. The normalized spacial score (nSPS) is 10.4. The molecule has 2 rings (SSSR count). The maximum atomic E-state index is 5.81. The van der Waals surface area contributed by atoms with Crippen LogP contribution in [0.5, 0.6) is 0 Å². The molecule has 0 amide bonds. The zero-order valence-electron chi connectivity index (χ0n) is 10.9. The van der Waals surface area contributed by atoms with Gasteiger partial charge < -0.3 is 10.6 Å². The lowest BCUT2D eigenvalue weighted by atomic mass is 10.1. The third-order valence-corrected chi connectivity index (χ3v) is 3.07. The number of hydrogen-bond donors (Lipinski definition) is 1. The van der Waals surface area contributed by atoms with Crippen LogP contribution in [0.1, 0.15) is 16.7 Å². The molecule has 0 aliphatic carbocycles. The highest BCUT2D eigenvalue weighted by Crippen LogP contribution is 2.25. The van der Waals surface area contributed by atoms with E-state index in [0.717, 1.165) is 6.54 Å². The number of nitrogens with two attached hydrogens (primary N) is 1. The van der Waals surface area contributed by atoms with Gasteiger partial charge in [-0.3, -0.25) is 4.98 Å². The Labute approximate surface area is 108 Å². The lowest BCUT2D eigenvalue weighted by molar-refractivity contribution is 0.892. The van der Waals surface area contributed by atoms with Crippen LogP contribution in [-0.4, -0.2) is 12.0 Å². The van der Waals surface area contributed by atoms with Crippen molar-refractivity contribution in [3.05, 3.63) is 59.4 Å². The Bertz CT molecular complexity index is 508. The zero-order valence-corrected chi connectivity index (χ0v) is 10.9. The van der Waals surface area contributed by atoms with Crippen molar-refractivity contribution >= 4 is 5.69 Å². The van der Waals surface area contributed by atoms with Crippen LogP contribution in [0.3, 0.4) is 0 Å². The Morgan fingerprint density at radius 1 is 1.22 bits per heavy atom. The fourth-order valence-corrected chi connectivity index (χ4v) is 2.28. The Kier molecular flexibility index (Phi) is 3.95. The van der Waals surface area contributed by atoms with Gasteiger partial charge in [-0.2, -0.15) is 0 Å². The first-order valence-electron chi connectivity index (χ1n) is 6.11. The predicted molar refractivity (Wildman–Crippen MR) is 75.4 cm³/mol. The zero-order chi connectivity index (χ0) is 13.0. The highest BCUT2D eigenvalue weighted by Gasteiger charge is 2.09. The molecule has 0 saturated heterocycles. The van der Waals surface area contributed by atoms with Gasteiger partial charge in [0.2, 0.25) is 0 Å². The highest BCUT2D eigenvalue weighted by molar-refractivity contribution is 5.59. The van der Waals surface area contributed by atoms with Gasteiger partial charge in [-0.05, 0) is 29.7 Å². The summed E-state index contributed by atoms with van der Waals surface area (Å²) in [4.78, 5) is 6.38. The number of aryl methyl sites for hydroxylation is 1. The Hall–Kier alpha value is -1.87. The van der Waals surface area contributed by atoms with Gasteiger partial charge in [0.25, 0.3) is 0 Å². The quantitative estimate of drug-likeness (QED) is 0.894. The van der Waals surface area contributed by atoms with E-state index in [9.17, 15) is 0 Å². The van der Waals surface area contributed by atoms with Gasteiger partial charge in [0.05, 0.1) is 0 Å². The average Bonchev–Trinajstić information content (AvgIpc) is 2.39. The van der Waals surface area contributed by atoms with E-state index in [1.165, 1.54) is 22.4 Å². The second kappa shape index (κ2) is 5.65. The summed E-state index contributed by atoms with van der Waals surface area (Å²) >= 11 is 0. The number of benzene rings is 1. The van der Waals surface area contributed by atoms with E-state index in [1.54, 1.807) is 6.20 Å². The van der Waals surface area contributed by atoms with Crippen molar-refractivity contribution in [1.82, 2.24) is 4.98 Å². The number of anilines is 1. The summed E-state index contributed by atoms with van der Waals surface area (Å²) in [6.45, 7) is 3.52. The second-order valence-corrected chi connectivity index (χ2v) is 4.50. The number of pyridine rings is 1. The Morgan fingerprint density at radius 2 is 2.06 bits per heavy atom. The summed E-state index contributed by atoms with van der Waals surface area (Å²) in [6, 6.07) is 10.3. The van der Waals surface area contributed by atoms with E-state index in [0.29, 0.717) is 6.54 Å². The molecule has 0 radical (unpaired) electrons. The number of rotatable bonds is 4. The van der Waals surface area contributed by atoms with Crippen LogP contribution in [0.15, 0.2) is 42.7 Å². The van der Waals surface area contributed by atoms with E-state index >= 15 is 0 Å². The first kappa shape index (κ1) is 12.6. The van der Waals surface area contributed by atoms with Crippen LogP contribution in [0.2, 0.25) is 0 Å². The summed E-state index contributed by atoms with van der Waals surface area (Å²) in [5, 5.41) is 0. The lowest BCUT2D eigenvalue weighted by Gasteiger charge is -2.24. The van der Waals surface area contributed by atoms with E-state index in [4.69, 9.17) is 5.73 Å². The average molecular weight is 241 g/mol. The van der Waals surface area contributed by atoms with Crippen molar-refractivity contribution in [1.29, 1.82) is 0 Å². The minimum atomic E-state index is 0.564. The molecule has 0 aliphatic rings. The molecule has 2 N–H and O–H groups in total. The standard InChI is InChI=1S/C15H19N3/c1-12-5-3-7-14(9-16)15(12)18(2)11-13-6-4-8-17-10-13/h3-8,10H,9,11,16H2,1-2H3. The van der Waals surface area contributed by atoms with Gasteiger partial charge in [0, 0.05) is 38.2 Å². The third-order valence-electron chi connectivity index (χ3n) is 3.07. The molecule has 1 aromatic heterocycles. The van der Waals surface area contributed by atoms with Gasteiger partial charge in [-0.25, -0.2) is 0 Å². The van der Waals surface area contributed by atoms with Crippen molar-refractivity contribution in [2.75, 3.05) is 11.9 Å². The summed E-state index contributed by atoms with van der Waals surface area (Å²) in [5.41, 5.74) is 10.7. The maximum Gasteiger partial charge on any atom is 0.0441 e. The first-order valence-corrected chi connectivity index (χ1v) is 6.11. The van der Waals surface area contributed by atoms with E-state index < -0.39 is 0 Å². The minimum Gasteiger partial charge on any atom is -0.370 e. The molecule has 94 valence electrons. The highest BCUT2D eigenvalue weighted by atomic mass is 15.1. The van der Waals surface area contributed by atoms with Crippen LogP contribution in [0.25, 0.3) is 0 Å². The van der Waals surface area contributed by atoms with Crippen molar-refractivity contribution in [3.8, 4) is 0 Å². The number of aromatic nitrogens is 1. The molecule has 0 fully saturated rings. The van der Waals surface area contributed by atoms with Gasteiger partial charge in [0.15, 0.2) is 0 Å². The minimum absolute atomic E-state index is 0.564. The summed E-state index contributed by atoms with van der Waals surface area (Å²) in [7, 11) is 2.09. The molecule has 2 aromatic rings. The van der Waals surface area contributed by atoms with Crippen LogP contribution in [-0.2, 0) is 13.1 Å². The Balaban J connectivity index is 2.26. The first-order chi connectivity index (χ1) is 8.72. The molecule has 0 saturated carbocycles. The van der Waals surface area contributed by atoms with E-state index in [2.05, 4.69) is 48.1 Å². The molecule has 1 heterocycles. The maximum absolute atomic E-state index is 5.81. The van der Waals surface area contributed by atoms with Crippen molar-refractivity contribution in [2.24, 2.45) is 5.73 Å². The topological polar surface area (TPSA) is 42.1 Å². The predicted octanol–water partition coefficient (Wildman–Crippen LogP) is 2.49. The molecule has 3 heteroatoms. The molecule has 1 aromatic carbocycles. The van der Waals surface area contributed by atoms with Gasteiger partial charge >= 0.3 is 0 Å². The van der Waals surface area contributed by atoms with Gasteiger partial charge in [-0.15, -0.1) is 0 Å². The molecule has 0 bridgehead atoms. The molecule has 0 atom stereocenters. The van der Waals surface area contributed by atoms with Crippen LogP contribution in [0, 0.1) is 6.92 Å². The summed E-state index contributed by atoms with van der Waals surface area (Å²) in [6.07, 6.45) is 3.69. The fourth-order valence-electron chi connectivity index (χ4n) is 2.28. The molecule has 0 aliphatic heterocycles. The smallest absolute Gasteiger partial charge is 0.0441 e. The van der Waals surface area contributed by atoms with Crippen LogP contribution in [0.4, 0.5) is 5.69 Å². The Morgan fingerprint density at radius 3 is 2.72 bits per heavy atom. The number of nitrogens with zero attached hydrogens (tertiary/aromatic N) is 2. The molecule has 18 heavy (non-hydrogen) atoms. The summed E-state index contributed by atoms with van der Waals surface area (Å²) < 4.78 is 0. The molecule has 0 unspecified atom stereocenters. The van der Waals surface area contributed by atoms with Gasteiger partial charge in [-0.1, -0.05) is 24.3 Å². The monoisotopic (exact) mass is 241 g/mol. The van der Waals surface area contributed by atoms with Crippen molar-refractivity contribution in [2.45, 2.75) is 20.0 Å². The number of hydrogen-bond acceptors (Lipinski definition) is 3. The number of para-hydroxylation sites is 1. The second-order valence-electron chi connectivity index (χ2n) is 4.50. The molecule has 0 spiro atoms. The summed E-state index contributed by atoms with van der Waals surface area (Å²) in [5.74, 6) is 0. The molecular formula is C15H19N3. The molecule has 3 nitrogen and oxygen atoms in total. The van der Waals surface area contributed by atoms with Crippen molar-refractivity contribution in [3.63, 3.8) is 0 Å². The lowest BCUT2D eigenvalue weighted by Crippen LogP contribution is -2.20. The SMILES string of the molecule is Cc1cccc(CN)c1N(C)Cc1cccnc1. The van der Waals surface area contributed by atoms with Crippen LogP contribution < -0.4 is 10.6 Å². The fraction of sp³-hybridized carbons (Fsp3) is 0.267. The van der Waals surface area contributed by atoms with Gasteiger partial charge in [0.1, 0.15) is 0 Å². The van der Waals surface area contributed by atoms with E-state index in [-0.39, 0.29) is 0 Å². The van der Waals surface area contributed by atoms with E-state index in [1.807, 2.05) is 12.3 Å². The largest absolute Gasteiger partial charge is 0.370 e. The van der Waals surface area contributed by atoms with Crippen molar-refractivity contribution < 1.29 is 0 Å².